The van der Waals surface area contributed by atoms with Gasteiger partial charge in [-0.15, -0.1) is 0 Å². The van der Waals surface area contributed by atoms with Gasteiger partial charge in [0.1, 0.15) is 12.2 Å². The fraction of sp³-hybridized carbons (Fsp3) is 0.273. The highest BCUT2D eigenvalue weighted by Gasteiger charge is 2.15. The molecule has 0 bridgehead atoms. The first-order valence-electron chi connectivity index (χ1n) is 6.02. The number of aromatic amines is 1. The Balaban J connectivity index is 1.90. The van der Waals surface area contributed by atoms with Crippen LogP contribution >= 0.6 is 0 Å². The number of rotatable bonds is 7. The Kier molecular flexibility index (Phi) is 4.60. The summed E-state index contributed by atoms with van der Waals surface area (Å²) in [6, 6.07) is 2.35. The minimum atomic E-state index is -3.74. The molecule has 21 heavy (non-hydrogen) atoms. The van der Waals surface area contributed by atoms with Crippen LogP contribution in [0.1, 0.15) is 22.6 Å². The van der Waals surface area contributed by atoms with Crippen LogP contribution in [0.4, 0.5) is 0 Å². The lowest BCUT2D eigenvalue weighted by molar-refractivity contribution is 0.0696. The second-order valence-electron chi connectivity index (χ2n) is 4.12. The number of sulfonamides is 1. The van der Waals surface area contributed by atoms with Gasteiger partial charge in [0.25, 0.3) is 10.0 Å². The zero-order valence-electron chi connectivity index (χ0n) is 10.9. The maximum absolute atomic E-state index is 11.9. The number of pyridine rings is 1. The van der Waals surface area contributed by atoms with Crippen molar-refractivity contribution in [1.29, 1.82) is 0 Å². The van der Waals surface area contributed by atoms with Crippen LogP contribution in [0.15, 0.2) is 29.7 Å². The molecule has 2 aromatic heterocycles. The molecule has 9 nitrogen and oxygen atoms in total. The molecule has 0 saturated carbocycles. The Morgan fingerprint density at radius 3 is 2.71 bits per heavy atom. The van der Waals surface area contributed by atoms with Crippen molar-refractivity contribution >= 4 is 16.0 Å². The van der Waals surface area contributed by atoms with Gasteiger partial charge in [0.2, 0.25) is 0 Å². The van der Waals surface area contributed by atoms with Crippen molar-refractivity contribution in [2.45, 2.75) is 17.9 Å². The van der Waals surface area contributed by atoms with Gasteiger partial charge < -0.3 is 5.11 Å². The molecule has 0 aliphatic rings. The number of aromatic carboxylic acids is 1. The van der Waals surface area contributed by atoms with Crippen molar-refractivity contribution < 1.29 is 18.3 Å². The number of nitrogens with one attached hydrogen (secondary N) is 2. The molecule has 0 atom stereocenters. The molecule has 0 fully saturated rings. The number of aryl methyl sites for hydroxylation is 1. The van der Waals surface area contributed by atoms with Crippen molar-refractivity contribution in [3.05, 3.63) is 36.0 Å². The lowest BCUT2D eigenvalue weighted by Gasteiger charge is -2.05. The number of carboxylic acids is 1. The van der Waals surface area contributed by atoms with Crippen molar-refractivity contribution in [1.82, 2.24) is 24.9 Å². The Morgan fingerprint density at radius 2 is 2.14 bits per heavy atom. The number of carboxylic acid groups (broad SMARTS) is 1. The third-order valence-corrected chi connectivity index (χ3v) is 3.98. The highest BCUT2D eigenvalue weighted by molar-refractivity contribution is 7.89. The lowest BCUT2D eigenvalue weighted by Crippen LogP contribution is -2.26. The fourth-order valence-corrected chi connectivity index (χ4v) is 2.55. The fourth-order valence-electron chi connectivity index (χ4n) is 1.55. The van der Waals surface area contributed by atoms with E-state index in [0.29, 0.717) is 18.7 Å². The normalized spacial score (nSPS) is 11.4. The number of aromatic nitrogens is 4. The smallest absolute Gasteiger partial charge is 0.337 e. The number of hydrogen-bond acceptors (Lipinski definition) is 6. The molecule has 3 N–H and O–H groups in total. The van der Waals surface area contributed by atoms with E-state index >= 15 is 0 Å². The minimum Gasteiger partial charge on any atom is -0.478 e. The van der Waals surface area contributed by atoms with E-state index < -0.39 is 16.0 Å². The first-order valence-corrected chi connectivity index (χ1v) is 7.50. The summed E-state index contributed by atoms with van der Waals surface area (Å²) in [5.41, 5.74) is -0.0701. The molecule has 10 heteroatoms. The average Bonchev–Trinajstić information content (AvgIpc) is 2.97. The Labute approximate surface area is 120 Å². The number of carbonyl (C=O) groups is 1. The molecule has 2 rings (SSSR count). The average molecular weight is 311 g/mol. The Hall–Kier alpha value is -2.33. The van der Waals surface area contributed by atoms with Gasteiger partial charge in [0.05, 0.1) is 5.56 Å². The number of nitrogens with zero attached hydrogens (tertiary/aromatic N) is 3. The number of H-pyrrole nitrogens is 1. The second-order valence-corrected chi connectivity index (χ2v) is 5.84. The van der Waals surface area contributed by atoms with E-state index in [1.54, 1.807) is 0 Å². The van der Waals surface area contributed by atoms with Crippen LogP contribution in [0.3, 0.4) is 0 Å². The monoisotopic (exact) mass is 311 g/mol. The van der Waals surface area contributed by atoms with Crippen LogP contribution < -0.4 is 4.72 Å². The molecular weight excluding hydrogens is 298 g/mol. The lowest BCUT2D eigenvalue weighted by atomic mass is 10.3. The first-order chi connectivity index (χ1) is 9.99. The van der Waals surface area contributed by atoms with E-state index in [2.05, 4.69) is 24.9 Å². The van der Waals surface area contributed by atoms with Crippen LogP contribution in [-0.2, 0) is 16.4 Å². The molecule has 0 unspecified atom stereocenters. The summed E-state index contributed by atoms with van der Waals surface area (Å²) in [6.07, 6.45) is 3.49. The quantitative estimate of drug-likeness (QED) is 0.602. The standard InChI is InChI=1S/C11H13N5O4S/c17-11(18)8-3-4-10(12-6-8)21(19,20)15-5-1-2-9-13-7-14-16-9/h3-4,6-7,15H,1-2,5H2,(H,17,18)(H,13,14,16). The molecule has 0 aliphatic heterocycles. The summed E-state index contributed by atoms with van der Waals surface area (Å²) in [5.74, 6) is -0.482. The van der Waals surface area contributed by atoms with Gasteiger partial charge >= 0.3 is 5.97 Å². The predicted molar refractivity (Wildman–Crippen MR) is 71.1 cm³/mol. The van der Waals surface area contributed by atoms with Crippen LogP contribution in [0.5, 0.6) is 0 Å². The topological polar surface area (TPSA) is 138 Å². The van der Waals surface area contributed by atoms with Crippen LogP contribution in [0.2, 0.25) is 0 Å². The molecule has 0 aromatic carbocycles. The van der Waals surface area contributed by atoms with Gasteiger partial charge in [-0.25, -0.2) is 27.9 Å². The summed E-state index contributed by atoms with van der Waals surface area (Å²) in [4.78, 5) is 18.2. The SMILES string of the molecule is O=C(O)c1ccc(S(=O)(=O)NCCCc2ncn[nH]2)nc1. The van der Waals surface area contributed by atoms with E-state index in [-0.39, 0.29) is 17.1 Å². The molecule has 0 amide bonds. The minimum absolute atomic E-state index is 0.0701. The summed E-state index contributed by atoms with van der Waals surface area (Å²) >= 11 is 0. The van der Waals surface area contributed by atoms with Crippen LogP contribution in [-0.4, -0.2) is 46.2 Å². The van der Waals surface area contributed by atoms with Gasteiger partial charge in [-0.2, -0.15) is 5.10 Å². The maximum Gasteiger partial charge on any atom is 0.337 e. The molecule has 2 heterocycles. The predicted octanol–water partition coefficient (Wildman–Crippen LogP) is -0.191. The summed E-state index contributed by atoms with van der Waals surface area (Å²) in [7, 11) is -3.74. The zero-order chi connectivity index (χ0) is 15.3. The van der Waals surface area contributed by atoms with E-state index in [0.717, 1.165) is 12.3 Å². The van der Waals surface area contributed by atoms with Crippen molar-refractivity contribution in [2.24, 2.45) is 0 Å². The Morgan fingerprint density at radius 1 is 1.33 bits per heavy atom. The van der Waals surface area contributed by atoms with Gasteiger partial charge in [-0.05, 0) is 18.6 Å². The van der Waals surface area contributed by atoms with Crippen molar-refractivity contribution in [3.8, 4) is 0 Å². The third-order valence-electron chi connectivity index (χ3n) is 2.61. The highest BCUT2D eigenvalue weighted by atomic mass is 32.2. The van der Waals surface area contributed by atoms with Gasteiger partial charge in [0.15, 0.2) is 5.03 Å². The van der Waals surface area contributed by atoms with E-state index in [9.17, 15) is 13.2 Å². The number of hydrogen-bond donors (Lipinski definition) is 3. The van der Waals surface area contributed by atoms with Gasteiger partial charge in [0, 0.05) is 19.2 Å². The highest BCUT2D eigenvalue weighted by Crippen LogP contribution is 2.06. The van der Waals surface area contributed by atoms with Gasteiger partial charge in [-0.1, -0.05) is 0 Å². The van der Waals surface area contributed by atoms with Crippen molar-refractivity contribution in [3.63, 3.8) is 0 Å². The largest absolute Gasteiger partial charge is 0.478 e. The molecule has 0 spiro atoms. The van der Waals surface area contributed by atoms with E-state index in [4.69, 9.17) is 5.11 Å². The van der Waals surface area contributed by atoms with Crippen molar-refractivity contribution in [2.75, 3.05) is 6.54 Å². The molecule has 0 radical (unpaired) electrons. The molecular formula is C11H13N5O4S. The zero-order valence-corrected chi connectivity index (χ0v) is 11.7. The van der Waals surface area contributed by atoms with E-state index in [1.165, 1.54) is 12.4 Å². The first kappa shape index (κ1) is 15.1. The van der Waals surface area contributed by atoms with Gasteiger partial charge in [-0.3, -0.25) is 5.10 Å². The Bertz CT molecular complexity index is 697. The molecule has 112 valence electrons. The maximum atomic E-state index is 11.9. The summed E-state index contributed by atoms with van der Waals surface area (Å²) < 4.78 is 26.2. The third kappa shape index (κ3) is 4.07. The van der Waals surface area contributed by atoms with Crippen LogP contribution in [0.25, 0.3) is 0 Å². The summed E-state index contributed by atoms with van der Waals surface area (Å²) in [6.45, 7) is 0.214. The molecule has 0 aliphatic carbocycles. The summed E-state index contributed by atoms with van der Waals surface area (Å²) in [5, 5.41) is 14.9. The molecule has 0 saturated heterocycles. The molecule has 2 aromatic rings. The van der Waals surface area contributed by atoms with Crippen LogP contribution in [0, 0.1) is 0 Å². The second kappa shape index (κ2) is 6.41. The van der Waals surface area contributed by atoms with E-state index in [1.807, 2.05) is 0 Å².